The molecule has 0 aromatic heterocycles. The first-order valence-corrected chi connectivity index (χ1v) is 16.7. The third-order valence-corrected chi connectivity index (χ3v) is 9.60. The molecule has 236 valence electrons. The van der Waals surface area contributed by atoms with Crippen LogP contribution in [-0.4, -0.2) is 43.8 Å². The maximum atomic E-state index is 14.6. The Balaban J connectivity index is 1.84. The quantitative estimate of drug-likeness (QED) is 0.201. The summed E-state index contributed by atoms with van der Waals surface area (Å²) in [4.78, 5) is 30.1. The van der Waals surface area contributed by atoms with Gasteiger partial charge in [-0.3, -0.25) is 13.9 Å². The number of aryl methyl sites for hydroxylation is 4. The van der Waals surface area contributed by atoms with E-state index in [1.54, 1.807) is 30.3 Å². The number of amides is 2. The molecule has 0 unspecified atom stereocenters. The Bertz CT molecular complexity index is 1740. The minimum atomic E-state index is -4.16. The van der Waals surface area contributed by atoms with E-state index >= 15 is 0 Å². The van der Waals surface area contributed by atoms with Crippen LogP contribution in [0.1, 0.15) is 47.2 Å². The SMILES string of the molecule is Cc1ccc(S(=O)(=O)N(CC(=O)N(Cc2ccccc2C)[C@@H](Cc2ccccc2)C(=O)NC(C)C)c2cc(C)ccc2C)cc1. The summed E-state index contributed by atoms with van der Waals surface area (Å²) in [7, 11) is -4.16. The van der Waals surface area contributed by atoms with Crippen LogP contribution in [0, 0.1) is 27.7 Å². The van der Waals surface area contributed by atoms with E-state index in [2.05, 4.69) is 5.32 Å². The summed E-state index contributed by atoms with van der Waals surface area (Å²) in [6.45, 7) is 11.0. The summed E-state index contributed by atoms with van der Waals surface area (Å²) >= 11 is 0. The fourth-order valence-electron chi connectivity index (χ4n) is 5.24. The van der Waals surface area contributed by atoms with Crippen molar-refractivity contribution >= 4 is 27.5 Å². The molecular formula is C37H43N3O4S. The topological polar surface area (TPSA) is 86.8 Å². The number of hydrogen-bond donors (Lipinski definition) is 1. The molecule has 0 aliphatic heterocycles. The van der Waals surface area contributed by atoms with Gasteiger partial charge < -0.3 is 10.2 Å². The first-order valence-electron chi connectivity index (χ1n) is 15.2. The lowest BCUT2D eigenvalue weighted by atomic mass is 10.0. The monoisotopic (exact) mass is 625 g/mol. The molecule has 0 saturated heterocycles. The van der Waals surface area contributed by atoms with Crippen molar-refractivity contribution in [1.82, 2.24) is 10.2 Å². The normalized spacial score (nSPS) is 12.1. The Labute approximate surface area is 268 Å². The number of sulfonamides is 1. The molecule has 8 heteroatoms. The summed E-state index contributed by atoms with van der Waals surface area (Å²) in [6.07, 6.45) is 0.269. The van der Waals surface area contributed by atoms with E-state index in [1.165, 1.54) is 9.21 Å². The molecule has 0 bridgehead atoms. The van der Waals surface area contributed by atoms with Gasteiger partial charge >= 0.3 is 0 Å². The number of carbonyl (C=O) groups is 2. The lowest BCUT2D eigenvalue weighted by Crippen LogP contribution is -2.54. The van der Waals surface area contributed by atoms with E-state index in [0.29, 0.717) is 11.3 Å². The zero-order valence-electron chi connectivity index (χ0n) is 26.9. The summed E-state index contributed by atoms with van der Waals surface area (Å²) in [5.74, 6) is -0.773. The van der Waals surface area contributed by atoms with Gasteiger partial charge in [0.1, 0.15) is 12.6 Å². The van der Waals surface area contributed by atoms with Gasteiger partial charge in [0, 0.05) is 19.0 Å². The zero-order chi connectivity index (χ0) is 32.7. The Morgan fingerprint density at radius 1 is 0.756 bits per heavy atom. The van der Waals surface area contributed by atoms with Crippen molar-refractivity contribution in [3.8, 4) is 0 Å². The molecule has 0 heterocycles. The van der Waals surface area contributed by atoms with E-state index in [0.717, 1.165) is 27.8 Å². The van der Waals surface area contributed by atoms with E-state index in [-0.39, 0.29) is 29.8 Å². The maximum Gasteiger partial charge on any atom is 0.264 e. The Kier molecular flexibility index (Phi) is 10.8. The van der Waals surface area contributed by atoms with Crippen molar-refractivity contribution in [2.24, 2.45) is 0 Å². The van der Waals surface area contributed by atoms with Gasteiger partial charge in [-0.1, -0.05) is 84.4 Å². The molecule has 1 atom stereocenters. The van der Waals surface area contributed by atoms with Gasteiger partial charge in [0.15, 0.2) is 0 Å². The molecule has 0 aliphatic carbocycles. The number of hydrogen-bond acceptors (Lipinski definition) is 4. The predicted molar refractivity (Wildman–Crippen MR) is 181 cm³/mol. The van der Waals surface area contributed by atoms with Gasteiger partial charge in [-0.15, -0.1) is 0 Å². The fourth-order valence-corrected chi connectivity index (χ4v) is 6.72. The standard InChI is InChI=1S/C37H43N3O4S/c1-26(2)38-37(42)35(23-31-13-8-7-9-14-31)39(24-32-15-11-10-12-29(32)5)36(41)25-40(34-22-28(4)16-19-30(34)6)45(43,44)33-20-17-27(3)18-21-33/h7-22,26,35H,23-25H2,1-6H3,(H,38,42)/t35-/m0/s1. The molecule has 0 saturated carbocycles. The highest BCUT2D eigenvalue weighted by Gasteiger charge is 2.35. The molecule has 4 rings (SSSR count). The maximum absolute atomic E-state index is 14.6. The molecule has 0 radical (unpaired) electrons. The van der Waals surface area contributed by atoms with Crippen molar-refractivity contribution in [3.05, 3.63) is 130 Å². The Hall–Kier alpha value is -4.43. The van der Waals surface area contributed by atoms with Crippen molar-refractivity contribution in [2.75, 3.05) is 10.8 Å². The number of nitrogens with zero attached hydrogens (tertiary/aromatic N) is 2. The van der Waals surface area contributed by atoms with Crippen LogP contribution in [-0.2, 0) is 32.6 Å². The number of nitrogens with one attached hydrogen (secondary N) is 1. The van der Waals surface area contributed by atoms with Crippen molar-refractivity contribution in [1.29, 1.82) is 0 Å². The summed E-state index contributed by atoms with van der Waals surface area (Å²) in [5, 5.41) is 3.00. The molecule has 45 heavy (non-hydrogen) atoms. The van der Waals surface area contributed by atoms with Gasteiger partial charge in [0.05, 0.1) is 10.6 Å². The van der Waals surface area contributed by atoms with Gasteiger partial charge in [-0.2, -0.15) is 0 Å². The minimum Gasteiger partial charge on any atom is -0.352 e. The lowest BCUT2D eigenvalue weighted by molar-refractivity contribution is -0.140. The highest BCUT2D eigenvalue weighted by Crippen LogP contribution is 2.29. The van der Waals surface area contributed by atoms with E-state index in [4.69, 9.17) is 0 Å². The highest BCUT2D eigenvalue weighted by atomic mass is 32.2. The van der Waals surface area contributed by atoms with Crippen LogP contribution in [0.3, 0.4) is 0 Å². The van der Waals surface area contributed by atoms with Crippen LogP contribution in [0.2, 0.25) is 0 Å². The average molecular weight is 626 g/mol. The zero-order valence-corrected chi connectivity index (χ0v) is 27.8. The van der Waals surface area contributed by atoms with Crippen LogP contribution in [0.25, 0.3) is 0 Å². The molecule has 4 aromatic rings. The Morgan fingerprint density at radius 2 is 1.38 bits per heavy atom. The largest absolute Gasteiger partial charge is 0.352 e. The first kappa shape index (κ1) is 33.5. The molecule has 0 spiro atoms. The fraction of sp³-hybridized carbons (Fsp3) is 0.297. The smallest absolute Gasteiger partial charge is 0.264 e. The highest BCUT2D eigenvalue weighted by molar-refractivity contribution is 7.92. The van der Waals surface area contributed by atoms with E-state index < -0.39 is 28.5 Å². The molecule has 0 fully saturated rings. The number of benzene rings is 4. The number of anilines is 1. The van der Waals surface area contributed by atoms with E-state index in [1.807, 2.05) is 108 Å². The first-order chi connectivity index (χ1) is 21.4. The number of carbonyl (C=O) groups excluding carboxylic acids is 2. The summed E-state index contributed by atoms with van der Waals surface area (Å²) < 4.78 is 29.8. The molecule has 1 N–H and O–H groups in total. The second-order valence-corrected chi connectivity index (χ2v) is 13.8. The third-order valence-electron chi connectivity index (χ3n) is 7.83. The number of rotatable bonds is 12. The van der Waals surface area contributed by atoms with Crippen LogP contribution in [0.5, 0.6) is 0 Å². The molecule has 4 aromatic carbocycles. The Morgan fingerprint density at radius 3 is 2.02 bits per heavy atom. The van der Waals surface area contributed by atoms with Crippen molar-refractivity contribution < 1.29 is 18.0 Å². The second-order valence-electron chi connectivity index (χ2n) is 11.9. The van der Waals surface area contributed by atoms with Crippen LogP contribution in [0.4, 0.5) is 5.69 Å². The van der Waals surface area contributed by atoms with Crippen LogP contribution < -0.4 is 9.62 Å². The summed E-state index contributed by atoms with van der Waals surface area (Å²) in [5.41, 5.74) is 5.66. The summed E-state index contributed by atoms with van der Waals surface area (Å²) in [6, 6.07) is 28.4. The van der Waals surface area contributed by atoms with Gasteiger partial charge in [-0.05, 0) is 87.6 Å². The molecule has 0 aliphatic rings. The average Bonchev–Trinajstić information content (AvgIpc) is 3.00. The molecular weight excluding hydrogens is 582 g/mol. The third kappa shape index (κ3) is 8.39. The minimum absolute atomic E-state index is 0.0886. The van der Waals surface area contributed by atoms with Crippen molar-refractivity contribution in [2.45, 2.75) is 71.5 Å². The van der Waals surface area contributed by atoms with Gasteiger partial charge in [-0.25, -0.2) is 8.42 Å². The van der Waals surface area contributed by atoms with Crippen LogP contribution >= 0.6 is 0 Å². The van der Waals surface area contributed by atoms with Crippen molar-refractivity contribution in [3.63, 3.8) is 0 Å². The van der Waals surface area contributed by atoms with Gasteiger partial charge in [0.25, 0.3) is 10.0 Å². The molecule has 2 amide bonds. The van der Waals surface area contributed by atoms with Crippen LogP contribution in [0.15, 0.2) is 102 Å². The van der Waals surface area contributed by atoms with Gasteiger partial charge in [0.2, 0.25) is 11.8 Å². The predicted octanol–water partition coefficient (Wildman–Crippen LogP) is 6.28. The van der Waals surface area contributed by atoms with E-state index in [9.17, 15) is 18.0 Å². The molecule has 7 nitrogen and oxygen atoms in total. The second kappa shape index (κ2) is 14.6. The lowest BCUT2D eigenvalue weighted by Gasteiger charge is -2.35.